The van der Waals surface area contributed by atoms with Gasteiger partial charge < -0.3 is 34.1 Å². The first kappa shape index (κ1) is 38.0. The van der Waals surface area contributed by atoms with Crippen LogP contribution in [0, 0.1) is 23.1 Å². The third-order valence-electron chi connectivity index (χ3n) is 11.7. The van der Waals surface area contributed by atoms with Gasteiger partial charge in [0.2, 0.25) is 11.5 Å². The summed E-state index contributed by atoms with van der Waals surface area (Å²) in [4.78, 5) is 61.1. The van der Waals surface area contributed by atoms with Crippen molar-refractivity contribution in [3.05, 3.63) is 34.7 Å². The smallest absolute Gasteiger partial charge is 0.409 e. The molecule has 4 aliphatic rings. The fourth-order valence-corrected chi connectivity index (χ4v) is 8.60. The molecular formula is C38H50ClFN4O8. The molecule has 0 radical (unpaired) electrons. The zero-order chi connectivity index (χ0) is 37.4. The van der Waals surface area contributed by atoms with Gasteiger partial charge in [-0.05, 0) is 75.3 Å². The maximum atomic E-state index is 14.7. The molecule has 1 aromatic heterocycles. The maximum absolute atomic E-state index is 14.7. The molecule has 52 heavy (non-hydrogen) atoms. The molecule has 3 saturated carbocycles. The molecule has 1 aromatic carbocycles. The number of nitrogens with one attached hydrogen (secondary N) is 1. The summed E-state index contributed by atoms with van der Waals surface area (Å²) in [6.07, 6.45) is 4.51. The summed E-state index contributed by atoms with van der Waals surface area (Å²) in [6.45, 7) is 12.0. The number of amides is 3. The first-order chi connectivity index (χ1) is 24.7. The molecular weight excluding hydrogens is 695 g/mol. The van der Waals surface area contributed by atoms with Gasteiger partial charge in [-0.2, -0.15) is 0 Å². The Labute approximate surface area is 309 Å². The van der Waals surface area contributed by atoms with Gasteiger partial charge in [-0.1, -0.05) is 38.8 Å². The molecule has 284 valence electrons. The average molecular weight is 745 g/mol. The second kappa shape index (κ2) is 15.0. The van der Waals surface area contributed by atoms with Gasteiger partial charge in [0.15, 0.2) is 0 Å². The predicted molar refractivity (Wildman–Crippen MR) is 191 cm³/mol. The number of esters is 1. The number of fused-ring (bicyclic) bond motifs is 2. The number of rotatable bonds is 12. The quantitative estimate of drug-likeness (QED) is 0.263. The van der Waals surface area contributed by atoms with Crippen molar-refractivity contribution >= 4 is 46.4 Å². The molecule has 14 heteroatoms. The largest absolute Gasteiger partial charge is 0.475 e. The predicted octanol–water partition coefficient (Wildman–Crippen LogP) is 5.91. The van der Waals surface area contributed by atoms with Crippen LogP contribution in [0.25, 0.3) is 10.9 Å². The van der Waals surface area contributed by atoms with Gasteiger partial charge in [0.1, 0.15) is 23.3 Å². The normalized spacial score (nSPS) is 25.0. The lowest BCUT2D eigenvalue weighted by atomic mass is 9.80. The number of ether oxygens (including phenoxy) is 4. The van der Waals surface area contributed by atoms with Gasteiger partial charge in [0.05, 0.1) is 29.4 Å². The number of benzene rings is 1. The van der Waals surface area contributed by atoms with E-state index in [-0.39, 0.29) is 83.6 Å². The number of halogens is 2. The molecule has 3 aliphatic carbocycles. The van der Waals surface area contributed by atoms with Gasteiger partial charge in [-0.25, -0.2) is 19.0 Å². The molecule has 6 rings (SSSR count). The lowest BCUT2D eigenvalue weighted by molar-refractivity contribution is -0.169. The third-order valence-corrected chi connectivity index (χ3v) is 12.0. The molecule has 0 bridgehead atoms. The van der Waals surface area contributed by atoms with E-state index in [4.69, 9.17) is 30.5 Å². The van der Waals surface area contributed by atoms with Crippen molar-refractivity contribution in [2.45, 2.75) is 96.8 Å². The number of pyridine rings is 1. The fraction of sp³-hybridized carbons (Fsp3) is 0.658. The minimum Gasteiger partial charge on any atom is -0.475 e. The van der Waals surface area contributed by atoms with E-state index in [1.54, 1.807) is 23.6 Å². The van der Waals surface area contributed by atoms with Crippen molar-refractivity contribution in [1.29, 1.82) is 0 Å². The van der Waals surface area contributed by atoms with Crippen LogP contribution in [0.5, 0.6) is 5.75 Å². The molecule has 4 atom stereocenters. The van der Waals surface area contributed by atoms with Crippen molar-refractivity contribution in [1.82, 2.24) is 20.1 Å². The summed E-state index contributed by atoms with van der Waals surface area (Å²) >= 11 is 6.13. The van der Waals surface area contributed by atoms with Crippen LogP contribution in [0.15, 0.2) is 18.2 Å². The number of carbonyl (C=O) groups excluding carboxylic acids is 4. The van der Waals surface area contributed by atoms with Crippen LogP contribution < -0.4 is 10.1 Å². The van der Waals surface area contributed by atoms with Crippen LogP contribution in [-0.2, 0) is 23.8 Å². The second-order valence-electron chi connectivity index (χ2n) is 15.2. The molecule has 2 heterocycles. The highest BCUT2D eigenvalue weighted by Crippen LogP contribution is 2.71. The van der Waals surface area contributed by atoms with Gasteiger partial charge in [0.25, 0.3) is 5.91 Å². The van der Waals surface area contributed by atoms with E-state index in [2.05, 4.69) is 31.1 Å². The number of nitrogens with zero attached hydrogens (tertiary/aromatic N) is 3. The summed E-state index contributed by atoms with van der Waals surface area (Å²) < 4.78 is 38.1. The van der Waals surface area contributed by atoms with E-state index < -0.39 is 35.4 Å². The van der Waals surface area contributed by atoms with Crippen LogP contribution in [0.2, 0.25) is 5.02 Å². The van der Waals surface area contributed by atoms with Crippen LogP contribution >= 0.6 is 11.6 Å². The number of hydrogen-bond donors (Lipinski definition) is 1. The van der Waals surface area contributed by atoms with E-state index in [1.165, 1.54) is 12.1 Å². The number of hydrogen-bond acceptors (Lipinski definition) is 9. The van der Waals surface area contributed by atoms with Gasteiger partial charge in [-0.3, -0.25) is 9.59 Å². The first-order valence-electron chi connectivity index (χ1n) is 18.6. The average Bonchev–Trinajstić information content (AvgIpc) is 3.58. The summed E-state index contributed by atoms with van der Waals surface area (Å²) in [6, 6.07) is 2.85. The minimum absolute atomic E-state index is 0.0253. The molecule has 4 unspecified atom stereocenters. The van der Waals surface area contributed by atoms with Crippen LogP contribution in [0.4, 0.5) is 9.18 Å². The van der Waals surface area contributed by atoms with Gasteiger partial charge in [0, 0.05) is 50.7 Å². The van der Waals surface area contributed by atoms with E-state index in [0.29, 0.717) is 37.8 Å². The van der Waals surface area contributed by atoms with Crippen molar-refractivity contribution in [2.24, 2.45) is 17.3 Å². The van der Waals surface area contributed by atoms with Crippen molar-refractivity contribution in [3.63, 3.8) is 0 Å². The lowest BCUT2D eigenvalue weighted by Crippen LogP contribution is -2.56. The molecule has 12 nitrogen and oxygen atoms in total. The number of carbonyl (C=O) groups is 4. The standard InChI is InChI=1S/C38H50ClFN4O8/c1-6-49-34(47)37(12-8-13-37)52-30-21-29(41-28-20-25(39)26(40)19-24(28)30)32(45)42-27(33(46)43-14-16-44(17-15-43)35(48)50-7-2)11-18-51-38-22-23(3)9-10-31(38)36(38,4)5/h19-21,23,27,31H,6-18,22H2,1-5H3,(H,42,45). The van der Waals surface area contributed by atoms with E-state index in [1.807, 2.05) is 0 Å². The Kier molecular flexibility index (Phi) is 10.9. The summed E-state index contributed by atoms with van der Waals surface area (Å²) in [5, 5.41) is 2.93. The Hall–Kier alpha value is -3.71. The molecule has 1 saturated heterocycles. The highest BCUT2D eigenvalue weighted by atomic mass is 35.5. The van der Waals surface area contributed by atoms with Crippen molar-refractivity contribution < 1.29 is 42.5 Å². The topological polar surface area (TPSA) is 137 Å². The molecule has 1 aliphatic heterocycles. The van der Waals surface area contributed by atoms with Crippen molar-refractivity contribution in [2.75, 3.05) is 46.0 Å². The highest BCUT2D eigenvalue weighted by molar-refractivity contribution is 6.31. The summed E-state index contributed by atoms with van der Waals surface area (Å²) in [5.41, 5.74) is -1.43. The Morgan fingerprint density at radius 1 is 1.02 bits per heavy atom. The monoisotopic (exact) mass is 744 g/mol. The van der Waals surface area contributed by atoms with E-state index in [9.17, 15) is 23.6 Å². The van der Waals surface area contributed by atoms with Gasteiger partial charge in [-0.15, -0.1) is 0 Å². The Morgan fingerprint density at radius 3 is 2.37 bits per heavy atom. The highest BCUT2D eigenvalue weighted by Gasteiger charge is 2.73. The van der Waals surface area contributed by atoms with Gasteiger partial charge >= 0.3 is 12.1 Å². The first-order valence-corrected chi connectivity index (χ1v) is 18.9. The molecule has 3 amide bonds. The SMILES string of the molecule is CCOC(=O)N1CCN(C(=O)C(CCOC23CC(C)CCC2C3(C)C)NC(=O)c2cc(OC3(C(=O)OCC)CCC3)c3cc(F)c(Cl)cc3n2)CC1. The number of aromatic nitrogens is 1. The maximum Gasteiger partial charge on any atom is 0.409 e. The number of piperazine rings is 1. The van der Waals surface area contributed by atoms with E-state index >= 15 is 0 Å². The van der Waals surface area contributed by atoms with Crippen LogP contribution in [0.1, 0.15) is 90.1 Å². The summed E-state index contributed by atoms with van der Waals surface area (Å²) in [5.74, 6) is -1.16. The minimum atomic E-state index is -1.28. The Bertz CT molecular complexity index is 1710. The molecule has 0 spiro atoms. The fourth-order valence-electron chi connectivity index (χ4n) is 8.44. The van der Waals surface area contributed by atoms with Crippen LogP contribution in [0.3, 0.4) is 0 Å². The Morgan fingerprint density at radius 2 is 1.71 bits per heavy atom. The zero-order valence-electron chi connectivity index (χ0n) is 30.7. The van der Waals surface area contributed by atoms with Crippen molar-refractivity contribution in [3.8, 4) is 5.75 Å². The van der Waals surface area contributed by atoms with E-state index in [0.717, 1.165) is 31.7 Å². The summed E-state index contributed by atoms with van der Waals surface area (Å²) in [7, 11) is 0. The van der Waals surface area contributed by atoms with Crippen LogP contribution in [-0.4, -0.2) is 102 Å². The second-order valence-corrected chi connectivity index (χ2v) is 15.6. The zero-order valence-corrected chi connectivity index (χ0v) is 31.5. The lowest BCUT2D eigenvalue weighted by Gasteiger charge is -2.39. The molecule has 1 N–H and O–H groups in total. The Balaban J connectivity index is 1.25. The third kappa shape index (κ3) is 7.14. The molecule has 4 fully saturated rings. The molecule has 2 aromatic rings.